The lowest BCUT2D eigenvalue weighted by atomic mass is 10.1. The number of nitrogens with two attached hydrogens (primary N) is 1. The maximum Gasteiger partial charge on any atom is 0.0641 e. The Morgan fingerprint density at radius 2 is 2.29 bits per heavy atom. The van der Waals surface area contributed by atoms with E-state index in [2.05, 4.69) is 37.0 Å². The number of rotatable bonds is 3. The predicted octanol–water partition coefficient (Wildman–Crippen LogP) is 1.46. The smallest absolute Gasteiger partial charge is 0.0641 e. The zero-order chi connectivity index (χ0) is 12.6. The monoisotopic (exact) mass is 236 g/mol. The molecule has 0 aromatic carbocycles. The van der Waals surface area contributed by atoms with Gasteiger partial charge in [-0.2, -0.15) is 5.10 Å². The molecule has 1 saturated heterocycles. The summed E-state index contributed by atoms with van der Waals surface area (Å²) in [5.74, 6) is 0.657. The van der Waals surface area contributed by atoms with Crippen LogP contribution in [0.15, 0.2) is 6.20 Å². The van der Waals surface area contributed by atoms with Crippen LogP contribution in [-0.4, -0.2) is 33.8 Å². The summed E-state index contributed by atoms with van der Waals surface area (Å²) < 4.78 is 1.91. The first-order valence-corrected chi connectivity index (χ1v) is 6.48. The van der Waals surface area contributed by atoms with Crippen molar-refractivity contribution in [3.63, 3.8) is 0 Å². The van der Waals surface area contributed by atoms with Gasteiger partial charge in [-0.1, -0.05) is 0 Å². The molecule has 17 heavy (non-hydrogen) atoms. The van der Waals surface area contributed by atoms with Gasteiger partial charge in [0.05, 0.1) is 5.69 Å². The molecule has 1 fully saturated rings. The van der Waals surface area contributed by atoms with E-state index in [1.807, 2.05) is 11.7 Å². The molecule has 0 saturated carbocycles. The van der Waals surface area contributed by atoms with Crippen molar-refractivity contribution < 1.29 is 0 Å². The largest absolute Gasteiger partial charge is 0.330 e. The number of aryl methyl sites for hydroxylation is 2. The van der Waals surface area contributed by atoms with Crippen molar-refractivity contribution in [1.82, 2.24) is 14.7 Å². The standard InChI is InChI=1S/C13H24N4/c1-9-5-12(6-14)7-17(9)11(3)13-8-16(4)15-10(13)2/h8-9,11-12H,5-7,14H2,1-4H3. The van der Waals surface area contributed by atoms with Crippen LogP contribution in [-0.2, 0) is 7.05 Å². The van der Waals surface area contributed by atoms with Gasteiger partial charge in [-0.15, -0.1) is 0 Å². The Balaban J connectivity index is 2.15. The summed E-state index contributed by atoms with van der Waals surface area (Å²) in [6.45, 7) is 8.59. The SMILES string of the molecule is Cc1nn(C)cc1C(C)N1CC(CN)CC1C. The summed E-state index contributed by atoms with van der Waals surface area (Å²) in [4.78, 5) is 2.56. The Labute approximate surface area is 104 Å². The third kappa shape index (κ3) is 2.38. The van der Waals surface area contributed by atoms with Gasteiger partial charge >= 0.3 is 0 Å². The molecular weight excluding hydrogens is 212 g/mol. The molecule has 3 unspecified atom stereocenters. The van der Waals surface area contributed by atoms with Gasteiger partial charge in [-0.3, -0.25) is 9.58 Å². The fourth-order valence-corrected chi connectivity index (χ4v) is 3.09. The molecule has 0 bridgehead atoms. The average molecular weight is 236 g/mol. The second-order valence-electron chi connectivity index (χ2n) is 5.40. The summed E-state index contributed by atoms with van der Waals surface area (Å²) in [6, 6.07) is 1.06. The minimum Gasteiger partial charge on any atom is -0.330 e. The molecule has 1 aromatic rings. The molecule has 4 nitrogen and oxygen atoms in total. The van der Waals surface area contributed by atoms with Crippen LogP contribution < -0.4 is 5.73 Å². The van der Waals surface area contributed by atoms with Crippen LogP contribution in [0.2, 0.25) is 0 Å². The maximum atomic E-state index is 5.79. The molecule has 96 valence electrons. The first-order chi connectivity index (χ1) is 8.02. The van der Waals surface area contributed by atoms with E-state index in [-0.39, 0.29) is 0 Å². The summed E-state index contributed by atoms with van der Waals surface area (Å²) in [5.41, 5.74) is 8.27. The van der Waals surface area contributed by atoms with Crippen molar-refractivity contribution in [1.29, 1.82) is 0 Å². The van der Waals surface area contributed by atoms with E-state index in [1.165, 1.54) is 12.0 Å². The van der Waals surface area contributed by atoms with Gasteiger partial charge in [0.25, 0.3) is 0 Å². The molecule has 2 N–H and O–H groups in total. The van der Waals surface area contributed by atoms with Gasteiger partial charge in [0.2, 0.25) is 0 Å². The lowest BCUT2D eigenvalue weighted by Crippen LogP contribution is -2.31. The van der Waals surface area contributed by atoms with E-state index < -0.39 is 0 Å². The van der Waals surface area contributed by atoms with Crippen molar-refractivity contribution >= 4 is 0 Å². The topological polar surface area (TPSA) is 47.1 Å². The van der Waals surface area contributed by atoms with E-state index >= 15 is 0 Å². The predicted molar refractivity (Wildman–Crippen MR) is 69.7 cm³/mol. The Hall–Kier alpha value is -0.870. The van der Waals surface area contributed by atoms with Crippen LogP contribution in [0.1, 0.15) is 37.6 Å². The van der Waals surface area contributed by atoms with E-state index in [9.17, 15) is 0 Å². The molecule has 1 aromatic heterocycles. The molecular formula is C13H24N4. The molecule has 3 atom stereocenters. The molecule has 1 aliphatic heterocycles. The van der Waals surface area contributed by atoms with E-state index in [1.54, 1.807) is 0 Å². The van der Waals surface area contributed by atoms with Crippen LogP contribution in [0.5, 0.6) is 0 Å². The summed E-state index contributed by atoms with van der Waals surface area (Å²) in [5, 5.41) is 4.43. The highest BCUT2D eigenvalue weighted by molar-refractivity contribution is 5.20. The Bertz CT molecular complexity index is 385. The van der Waals surface area contributed by atoms with E-state index in [0.717, 1.165) is 18.8 Å². The molecule has 0 amide bonds. The molecule has 4 heteroatoms. The average Bonchev–Trinajstić information content (AvgIpc) is 2.81. The zero-order valence-electron chi connectivity index (χ0n) is 11.3. The number of aromatic nitrogens is 2. The second-order valence-corrected chi connectivity index (χ2v) is 5.40. The number of hydrogen-bond acceptors (Lipinski definition) is 3. The molecule has 2 heterocycles. The Morgan fingerprint density at radius 1 is 1.59 bits per heavy atom. The van der Waals surface area contributed by atoms with Crippen molar-refractivity contribution in [3.8, 4) is 0 Å². The van der Waals surface area contributed by atoms with Crippen LogP contribution in [0.4, 0.5) is 0 Å². The van der Waals surface area contributed by atoms with E-state index in [0.29, 0.717) is 18.0 Å². The highest BCUT2D eigenvalue weighted by Crippen LogP contribution is 2.32. The first-order valence-electron chi connectivity index (χ1n) is 6.48. The minimum atomic E-state index is 0.440. The molecule has 1 aliphatic rings. The van der Waals surface area contributed by atoms with Crippen molar-refractivity contribution in [2.45, 2.75) is 39.3 Å². The zero-order valence-corrected chi connectivity index (χ0v) is 11.3. The quantitative estimate of drug-likeness (QED) is 0.864. The maximum absolute atomic E-state index is 5.79. The molecule has 0 aliphatic carbocycles. The minimum absolute atomic E-state index is 0.440. The number of nitrogens with zero attached hydrogens (tertiary/aromatic N) is 3. The fourth-order valence-electron chi connectivity index (χ4n) is 3.09. The van der Waals surface area contributed by atoms with Gasteiger partial charge < -0.3 is 5.73 Å². The fraction of sp³-hybridized carbons (Fsp3) is 0.769. The lowest BCUT2D eigenvalue weighted by Gasteiger charge is -2.28. The highest BCUT2D eigenvalue weighted by atomic mass is 15.3. The van der Waals surface area contributed by atoms with Gasteiger partial charge in [0.15, 0.2) is 0 Å². The van der Waals surface area contributed by atoms with E-state index in [4.69, 9.17) is 5.73 Å². The highest BCUT2D eigenvalue weighted by Gasteiger charge is 2.32. The van der Waals surface area contributed by atoms with Crippen LogP contribution in [0.25, 0.3) is 0 Å². The lowest BCUT2D eigenvalue weighted by molar-refractivity contribution is 0.200. The van der Waals surface area contributed by atoms with Crippen molar-refractivity contribution in [2.75, 3.05) is 13.1 Å². The van der Waals surface area contributed by atoms with Gasteiger partial charge in [0.1, 0.15) is 0 Å². The van der Waals surface area contributed by atoms with Crippen molar-refractivity contribution in [3.05, 3.63) is 17.5 Å². The van der Waals surface area contributed by atoms with Crippen molar-refractivity contribution in [2.24, 2.45) is 18.7 Å². The second kappa shape index (κ2) is 4.78. The summed E-state index contributed by atoms with van der Waals surface area (Å²) >= 11 is 0. The summed E-state index contributed by atoms with van der Waals surface area (Å²) in [7, 11) is 1.99. The summed E-state index contributed by atoms with van der Waals surface area (Å²) in [6.07, 6.45) is 3.36. The van der Waals surface area contributed by atoms with Crippen LogP contribution in [0.3, 0.4) is 0 Å². The first kappa shape index (κ1) is 12.6. The van der Waals surface area contributed by atoms with Gasteiger partial charge in [-0.25, -0.2) is 0 Å². The normalized spacial score (nSPS) is 27.6. The molecule has 2 rings (SSSR count). The third-order valence-electron chi connectivity index (χ3n) is 4.04. The Kier molecular flexibility index (Phi) is 3.54. The van der Waals surface area contributed by atoms with Crippen LogP contribution in [0, 0.1) is 12.8 Å². The Morgan fingerprint density at radius 3 is 2.76 bits per heavy atom. The molecule has 0 radical (unpaired) electrons. The third-order valence-corrected chi connectivity index (χ3v) is 4.04. The molecule has 0 spiro atoms. The number of likely N-dealkylation sites (tertiary alicyclic amines) is 1. The van der Waals surface area contributed by atoms with Gasteiger partial charge in [-0.05, 0) is 39.7 Å². The van der Waals surface area contributed by atoms with Crippen LogP contribution >= 0.6 is 0 Å². The number of hydrogen-bond donors (Lipinski definition) is 1. The van der Waals surface area contributed by atoms with Gasteiger partial charge in [0, 0.05) is 37.4 Å².